The Morgan fingerprint density at radius 1 is 1.50 bits per heavy atom. The average Bonchev–Trinajstić information content (AvgIpc) is 2.12. The first-order valence-corrected chi connectivity index (χ1v) is 5.33. The van der Waals surface area contributed by atoms with E-state index in [-0.39, 0.29) is 11.7 Å². The molecule has 0 aliphatic heterocycles. The molecule has 7 heteroatoms. The number of hydrogen-bond donors (Lipinski definition) is 2. The molecule has 5 nitrogen and oxygen atoms in total. The molecule has 1 unspecified atom stereocenters. The lowest BCUT2D eigenvalue weighted by molar-refractivity contribution is -0.121. The number of ether oxygens (including phenoxy) is 1. The number of nitrogens with two attached hydrogens (primary N) is 1. The van der Waals surface area contributed by atoms with Crippen LogP contribution in [0.2, 0.25) is 0 Å². The third kappa shape index (κ3) is 13.1. The minimum absolute atomic E-state index is 0.0806. The highest BCUT2D eigenvalue weighted by atomic mass is 32.1. The number of carbonyl (C=O) groups is 1. The third-order valence-corrected chi connectivity index (χ3v) is 2.00. The summed E-state index contributed by atoms with van der Waals surface area (Å²) >= 11 is 8.75. The van der Waals surface area contributed by atoms with Gasteiger partial charge in [-0.15, -0.1) is 0 Å². The van der Waals surface area contributed by atoms with Crippen LogP contribution in [0.1, 0.15) is 13.8 Å². The van der Waals surface area contributed by atoms with E-state index < -0.39 is 5.17 Å². The van der Waals surface area contributed by atoms with E-state index in [1.54, 1.807) is 25.9 Å². The second-order valence-electron chi connectivity index (χ2n) is 3.32. The molecule has 0 amide bonds. The van der Waals surface area contributed by atoms with Crippen molar-refractivity contribution in [2.75, 3.05) is 20.7 Å². The summed E-state index contributed by atoms with van der Waals surface area (Å²) in [4.78, 5) is 12.5. The first-order chi connectivity index (χ1) is 7.18. The van der Waals surface area contributed by atoms with Gasteiger partial charge in [-0.3, -0.25) is 4.79 Å². The lowest BCUT2D eigenvalue weighted by Gasteiger charge is -2.16. The van der Waals surface area contributed by atoms with Crippen LogP contribution in [0.3, 0.4) is 0 Å². The Hall–Kier alpha value is -0.950. The maximum atomic E-state index is 10.8. The molecule has 0 saturated heterocycles. The largest absolute Gasteiger partial charge is 0.487 e. The molecule has 0 bridgehead atoms. The van der Waals surface area contributed by atoms with Gasteiger partial charge in [-0.1, -0.05) is 6.92 Å². The number of thiocarbonyl (C=S) groups is 2. The Bertz CT molecular complexity index is 253. The number of ketones is 1. The van der Waals surface area contributed by atoms with Gasteiger partial charge in [-0.2, -0.15) is 0 Å². The monoisotopic (exact) mass is 266 g/mol. The maximum absolute atomic E-state index is 10.8. The van der Waals surface area contributed by atoms with E-state index in [0.717, 1.165) is 0 Å². The molecule has 0 aliphatic rings. The Morgan fingerprint density at radius 2 is 1.88 bits per heavy atom. The van der Waals surface area contributed by atoms with Crippen molar-refractivity contribution >= 4 is 40.6 Å². The number of rotatable bonds is 3. The van der Waals surface area contributed by atoms with Gasteiger partial charge >= 0.3 is 0 Å². The predicted molar refractivity (Wildman–Crippen MR) is 71.5 cm³/mol. The molecule has 0 rings (SSSR count). The van der Waals surface area contributed by atoms with Gasteiger partial charge in [0.25, 0.3) is 10.3 Å². The number of aliphatic hydroxyl groups is 1. The highest BCUT2D eigenvalue weighted by Crippen LogP contribution is 1.98. The predicted octanol–water partition coefficient (Wildman–Crippen LogP) is 0.863. The molecule has 94 valence electrons. The van der Waals surface area contributed by atoms with Crippen LogP contribution in [0.15, 0.2) is 0 Å². The summed E-state index contributed by atoms with van der Waals surface area (Å²) in [5.41, 5.74) is 4.40. The van der Waals surface area contributed by atoms with Crippen LogP contribution in [0.25, 0.3) is 0 Å². The first-order valence-electron chi connectivity index (χ1n) is 4.51. The summed E-state index contributed by atoms with van der Waals surface area (Å²) in [5.74, 6) is 0.0412. The molecule has 0 spiro atoms. The van der Waals surface area contributed by atoms with Crippen molar-refractivity contribution in [2.24, 2.45) is 11.7 Å². The lowest BCUT2D eigenvalue weighted by atomic mass is 10.1. The van der Waals surface area contributed by atoms with Crippen LogP contribution in [0.4, 0.5) is 0 Å². The summed E-state index contributed by atoms with van der Waals surface area (Å²) in [6.45, 7) is 3.74. The Balaban J connectivity index is 0. The lowest BCUT2D eigenvalue weighted by Crippen LogP contribution is -2.26. The van der Waals surface area contributed by atoms with E-state index in [9.17, 15) is 4.79 Å². The summed E-state index contributed by atoms with van der Waals surface area (Å²) in [7, 11) is 3.61. The van der Waals surface area contributed by atoms with Crippen molar-refractivity contribution in [2.45, 2.75) is 13.8 Å². The first kappa shape index (κ1) is 17.4. The number of aliphatic hydroxyl groups excluding tert-OH is 1. The van der Waals surface area contributed by atoms with Crippen molar-refractivity contribution in [1.82, 2.24) is 4.90 Å². The third-order valence-electron chi connectivity index (χ3n) is 1.52. The van der Waals surface area contributed by atoms with Gasteiger partial charge in [0.15, 0.2) is 0 Å². The zero-order chi connectivity index (χ0) is 13.3. The van der Waals surface area contributed by atoms with Crippen molar-refractivity contribution in [3.8, 4) is 0 Å². The molecule has 0 saturated carbocycles. The second-order valence-corrected chi connectivity index (χ2v) is 4.09. The molecule has 3 N–H and O–H groups in total. The van der Waals surface area contributed by atoms with Crippen molar-refractivity contribution in [3.05, 3.63) is 0 Å². The molecule has 1 atom stereocenters. The number of hydrogen-bond acceptors (Lipinski definition) is 4. The quantitative estimate of drug-likeness (QED) is 0.734. The van der Waals surface area contributed by atoms with Crippen molar-refractivity contribution in [1.29, 1.82) is 0 Å². The van der Waals surface area contributed by atoms with Gasteiger partial charge in [-0.05, 0) is 31.4 Å². The van der Waals surface area contributed by atoms with Crippen molar-refractivity contribution < 1.29 is 14.6 Å². The van der Waals surface area contributed by atoms with Crippen LogP contribution in [0.5, 0.6) is 0 Å². The van der Waals surface area contributed by atoms with Gasteiger partial charge in [-0.25, -0.2) is 0 Å². The summed E-state index contributed by atoms with van der Waals surface area (Å²) in [6.07, 6.45) is 0. The molecular weight excluding hydrogens is 248 g/mol. The maximum Gasteiger partial charge on any atom is 0.258 e. The minimum Gasteiger partial charge on any atom is -0.487 e. The Labute approximate surface area is 107 Å². The topological polar surface area (TPSA) is 75.8 Å². The Morgan fingerprint density at radius 3 is 2.12 bits per heavy atom. The zero-order valence-corrected chi connectivity index (χ0v) is 11.5. The standard InChI is InChI=1S/C8H15NO2S.CH3NOS/c1-6(7(2)10)5-11-8(12)9(3)4;2-1(3)4/h6H,5H2,1-4H3;(H3,2,3,4). The summed E-state index contributed by atoms with van der Waals surface area (Å²) < 4.78 is 5.16. The molecule has 16 heavy (non-hydrogen) atoms. The molecule has 0 aliphatic carbocycles. The normalized spacial score (nSPS) is 10.5. The molecule has 0 heterocycles. The molecule has 0 radical (unpaired) electrons. The van der Waals surface area contributed by atoms with Gasteiger partial charge in [0.2, 0.25) is 0 Å². The fourth-order valence-corrected chi connectivity index (χ4v) is 0.511. The van der Waals surface area contributed by atoms with Crippen LogP contribution in [-0.2, 0) is 9.53 Å². The minimum atomic E-state index is -0.500. The Kier molecular flexibility index (Phi) is 10.1. The van der Waals surface area contributed by atoms with Gasteiger partial charge in [0, 0.05) is 20.0 Å². The number of Topliss-reactive ketones (excluding diaryl/α,β-unsaturated/α-hetero) is 1. The smallest absolute Gasteiger partial charge is 0.258 e. The average molecular weight is 266 g/mol. The zero-order valence-electron chi connectivity index (χ0n) is 9.89. The van der Waals surface area contributed by atoms with Crippen LogP contribution in [-0.4, -0.2) is 46.8 Å². The SMILES string of the molecule is CC(=O)C(C)COC(=S)N(C)C.NC(O)=S. The van der Waals surface area contributed by atoms with Crippen LogP contribution >= 0.6 is 24.4 Å². The number of carbonyl (C=O) groups excluding carboxylic acids is 1. The van der Waals surface area contributed by atoms with E-state index in [2.05, 4.69) is 18.0 Å². The molecular formula is C9H18N2O3S2. The number of nitrogens with zero attached hydrogens (tertiary/aromatic N) is 1. The van der Waals surface area contributed by atoms with E-state index in [1.807, 2.05) is 6.92 Å². The van der Waals surface area contributed by atoms with E-state index >= 15 is 0 Å². The molecule has 0 aromatic carbocycles. The van der Waals surface area contributed by atoms with Crippen LogP contribution < -0.4 is 5.73 Å². The van der Waals surface area contributed by atoms with E-state index in [1.165, 1.54) is 0 Å². The summed E-state index contributed by atoms with van der Waals surface area (Å²) in [6, 6.07) is 0. The van der Waals surface area contributed by atoms with Crippen LogP contribution in [0, 0.1) is 5.92 Å². The molecule has 0 fully saturated rings. The van der Waals surface area contributed by atoms with Crippen molar-refractivity contribution in [3.63, 3.8) is 0 Å². The fraction of sp³-hybridized carbons (Fsp3) is 0.667. The van der Waals surface area contributed by atoms with E-state index in [0.29, 0.717) is 11.8 Å². The molecule has 0 aromatic rings. The second kappa shape index (κ2) is 9.29. The highest BCUT2D eigenvalue weighted by Gasteiger charge is 2.09. The summed E-state index contributed by atoms with van der Waals surface area (Å²) in [5, 5.41) is 7.48. The molecule has 0 aromatic heterocycles. The van der Waals surface area contributed by atoms with Gasteiger partial charge in [0.05, 0.1) is 0 Å². The van der Waals surface area contributed by atoms with Gasteiger partial charge in [0.1, 0.15) is 12.4 Å². The van der Waals surface area contributed by atoms with E-state index in [4.69, 9.17) is 22.1 Å². The highest BCUT2D eigenvalue weighted by molar-refractivity contribution is 7.80. The fourth-order valence-electron chi connectivity index (χ4n) is 0.443. The van der Waals surface area contributed by atoms with Gasteiger partial charge < -0.3 is 20.5 Å².